The standard InChI is InChI=1S/C15H16N2O/c1-2-13(11-18)16-10-14-8-9-15(17-14)12-6-4-3-5-7-12/h2-8,11,16H,9-10H2,1H3/b13-2+. The van der Waals surface area contributed by atoms with E-state index < -0.39 is 0 Å². The van der Waals surface area contributed by atoms with Gasteiger partial charge in [0.2, 0.25) is 0 Å². The first kappa shape index (κ1) is 12.3. The fourth-order valence-corrected chi connectivity index (χ4v) is 1.81. The molecule has 1 aromatic rings. The molecule has 0 unspecified atom stereocenters. The Morgan fingerprint density at radius 3 is 2.83 bits per heavy atom. The van der Waals surface area contributed by atoms with Gasteiger partial charge in [-0.3, -0.25) is 9.79 Å². The van der Waals surface area contributed by atoms with Crippen LogP contribution >= 0.6 is 0 Å². The van der Waals surface area contributed by atoms with Gasteiger partial charge in [0.15, 0.2) is 6.29 Å². The predicted octanol–water partition coefficient (Wildman–Crippen LogP) is 2.46. The summed E-state index contributed by atoms with van der Waals surface area (Å²) in [7, 11) is 0. The van der Waals surface area contributed by atoms with E-state index in [1.165, 1.54) is 0 Å². The van der Waals surface area contributed by atoms with Crippen molar-refractivity contribution in [2.24, 2.45) is 4.99 Å². The van der Waals surface area contributed by atoms with Crippen molar-refractivity contribution in [3.05, 3.63) is 59.4 Å². The lowest BCUT2D eigenvalue weighted by atomic mass is 10.1. The van der Waals surface area contributed by atoms with Gasteiger partial charge in [0.1, 0.15) is 0 Å². The van der Waals surface area contributed by atoms with E-state index in [0.29, 0.717) is 12.2 Å². The van der Waals surface area contributed by atoms with Gasteiger partial charge in [0.05, 0.1) is 23.7 Å². The van der Waals surface area contributed by atoms with Crippen LogP contribution in [-0.2, 0) is 4.79 Å². The Hall–Kier alpha value is -2.16. The van der Waals surface area contributed by atoms with Crippen molar-refractivity contribution in [3.8, 4) is 0 Å². The molecule has 0 spiro atoms. The van der Waals surface area contributed by atoms with Crippen molar-refractivity contribution < 1.29 is 4.79 Å². The second-order valence-corrected chi connectivity index (χ2v) is 4.04. The summed E-state index contributed by atoms with van der Waals surface area (Å²) in [4.78, 5) is 15.2. The third-order valence-electron chi connectivity index (χ3n) is 2.83. The van der Waals surface area contributed by atoms with Crippen LogP contribution in [0.15, 0.2) is 58.9 Å². The molecule has 18 heavy (non-hydrogen) atoms. The molecule has 2 rings (SSSR count). The molecule has 0 aliphatic carbocycles. The molecular formula is C15H16N2O. The number of aldehydes is 1. The molecule has 92 valence electrons. The van der Waals surface area contributed by atoms with Crippen molar-refractivity contribution in [1.82, 2.24) is 5.32 Å². The highest BCUT2D eigenvalue weighted by molar-refractivity contribution is 6.03. The van der Waals surface area contributed by atoms with Crippen molar-refractivity contribution in [2.45, 2.75) is 13.3 Å². The van der Waals surface area contributed by atoms with E-state index in [2.05, 4.69) is 28.5 Å². The minimum absolute atomic E-state index is 0.592. The maximum atomic E-state index is 10.6. The molecule has 0 amide bonds. The molecule has 0 aromatic heterocycles. The van der Waals surface area contributed by atoms with E-state index >= 15 is 0 Å². The Morgan fingerprint density at radius 1 is 1.39 bits per heavy atom. The summed E-state index contributed by atoms with van der Waals surface area (Å²) in [6, 6.07) is 10.1. The number of aliphatic imine (C=N–C) groups is 1. The summed E-state index contributed by atoms with van der Waals surface area (Å²) in [5.41, 5.74) is 3.82. The highest BCUT2D eigenvalue weighted by Crippen LogP contribution is 2.15. The molecule has 1 N–H and O–H groups in total. The van der Waals surface area contributed by atoms with Gasteiger partial charge in [0, 0.05) is 6.42 Å². The van der Waals surface area contributed by atoms with Crippen LogP contribution < -0.4 is 5.32 Å². The Balaban J connectivity index is 1.98. The van der Waals surface area contributed by atoms with Crippen LogP contribution in [0.4, 0.5) is 0 Å². The largest absolute Gasteiger partial charge is 0.377 e. The molecule has 1 heterocycles. The number of hydrogen-bond donors (Lipinski definition) is 1. The lowest BCUT2D eigenvalue weighted by Gasteiger charge is -2.03. The number of hydrogen-bond acceptors (Lipinski definition) is 3. The number of nitrogens with zero attached hydrogens (tertiary/aromatic N) is 1. The average Bonchev–Trinajstić information content (AvgIpc) is 2.90. The first-order valence-electron chi connectivity index (χ1n) is 6.01. The summed E-state index contributed by atoms with van der Waals surface area (Å²) in [6.07, 6.45) is 5.52. The van der Waals surface area contributed by atoms with Gasteiger partial charge in [-0.2, -0.15) is 0 Å². The van der Waals surface area contributed by atoms with E-state index in [1.807, 2.05) is 25.1 Å². The summed E-state index contributed by atoms with van der Waals surface area (Å²) in [5, 5.41) is 3.05. The summed E-state index contributed by atoms with van der Waals surface area (Å²) in [6.45, 7) is 2.42. The minimum Gasteiger partial charge on any atom is -0.377 e. The van der Waals surface area contributed by atoms with E-state index in [-0.39, 0.29) is 0 Å². The normalized spacial score (nSPS) is 15.1. The molecule has 0 saturated heterocycles. The number of allylic oxidation sites excluding steroid dienone is 3. The van der Waals surface area contributed by atoms with Crippen LogP contribution in [0.5, 0.6) is 0 Å². The van der Waals surface area contributed by atoms with Gasteiger partial charge in [-0.1, -0.05) is 42.5 Å². The fraction of sp³-hybridized carbons (Fsp3) is 0.200. The van der Waals surface area contributed by atoms with E-state index in [4.69, 9.17) is 0 Å². The Morgan fingerprint density at radius 2 is 2.17 bits per heavy atom. The predicted molar refractivity (Wildman–Crippen MR) is 73.5 cm³/mol. The van der Waals surface area contributed by atoms with Crippen molar-refractivity contribution in [2.75, 3.05) is 6.54 Å². The first-order chi connectivity index (χ1) is 8.83. The smallest absolute Gasteiger partial charge is 0.165 e. The third-order valence-corrected chi connectivity index (χ3v) is 2.83. The topological polar surface area (TPSA) is 41.5 Å². The first-order valence-corrected chi connectivity index (χ1v) is 6.01. The Labute approximate surface area is 107 Å². The summed E-state index contributed by atoms with van der Waals surface area (Å²) < 4.78 is 0. The van der Waals surface area contributed by atoms with Crippen molar-refractivity contribution >= 4 is 12.0 Å². The Bertz CT molecular complexity index is 513. The van der Waals surface area contributed by atoms with Crippen LogP contribution in [0.25, 0.3) is 0 Å². The molecule has 0 radical (unpaired) electrons. The number of nitrogens with one attached hydrogen (secondary N) is 1. The monoisotopic (exact) mass is 240 g/mol. The van der Waals surface area contributed by atoms with E-state index in [0.717, 1.165) is 29.7 Å². The number of carbonyl (C=O) groups is 1. The molecule has 3 heteroatoms. The molecule has 0 fully saturated rings. The molecule has 0 saturated carbocycles. The number of carbonyl (C=O) groups excluding carboxylic acids is 1. The number of benzene rings is 1. The van der Waals surface area contributed by atoms with Gasteiger partial charge >= 0.3 is 0 Å². The zero-order valence-electron chi connectivity index (χ0n) is 10.4. The molecular weight excluding hydrogens is 224 g/mol. The van der Waals surface area contributed by atoms with Gasteiger partial charge in [0.25, 0.3) is 0 Å². The molecule has 0 atom stereocenters. The quantitative estimate of drug-likeness (QED) is 0.634. The van der Waals surface area contributed by atoms with Crippen LogP contribution in [0.2, 0.25) is 0 Å². The maximum absolute atomic E-state index is 10.6. The van der Waals surface area contributed by atoms with E-state index in [1.54, 1.807) is 6.08 Å². The zero-order valence-corrected chi connectivity index (χ0v) is 10.4. The summed E-state index contributed by atoms with van der Waals surface area (Å²) in [5.74, 6) is 0. The second-order valence-electron chi connectivity index (χ2n) is 4.04. The second kappa shape index (κ2) is 5.96. The van der Waals surface area contributed by atoms with E-state index in [9.17, 15) is 4.79 Å². The molecule has 3 nitrogen and oxygen atoms in total. The van der Waals surface area contributed by atoms with Crippen molar-refractivity contribution in [1.29, 1.82) is 0 Å². The lowest BCUT2D eigenvalue weighted by molar-refractivity contribution is -0.105. The highest BCUT2D eigenvalue weighted by Gasteiger charge is 2.10. The molecule has 0 bridgehead atoms. The fourth-order valence-electron chi connectivity index (χ4n) is 1.81. The summed E-state index contributed by atoms with van der Waals surface area (Å²) >= 11 is 0. The molecule has 1 aromatic carbocycles. The number of rotatable bonds is 5. The zero-order chi connectivity index (χ0) is 12.8. The SMILES string of the molecule is C/C=C(\C=O)NCC1=CCC(c2ccccc2)=N1. The van der Waals surface area contributed by atoms with Gasteiger partial charge < -0.3 is 5.32 Å². The highest BCUT2D eigenvalue weighted by atomic mass is 16.1. The third kappa shape index (κ3) is 2.94. The van der Waals surface area contributed by atoms with Crippen LogP contribution in [0.3, 0.4) is 0 Å². The van der Waals surface area contributed by atoms with Gasteiger partial charge in [-0.25, -0.2) is 0 Å². The van der Waals surface area contributed by atoms with Crippen molar-refractivity contribution in [3.63, 3.8) is 0 Å². The minimum atomic E-state index is 0.592. The molecule has 1 aliphatic heterocycles. The average molecular weight is 240 g/mol. The van der Waals surface area contributed by atoms with Gasteiger partial charge in [-0.15, -0.1) is 0 Å². The van der Waals surface area contributed by atoms with Crippen LogP contribution in [-0.4, -0.2) is 18.5 Å². The molecule has 1 aliphatic rings. The van der Waals surface area contributed by atoms with Crippen LogP contribution in [0.1, 0.15) is 18.9 Å². The van der Waals surface area contributed by atoms with Crippen LogP contribution in [0, 0.1) is 0 Å². The Kier molecular flexibility index (Phi) is 4.07. The van der Waals surface area contributed by atoms with Gasteiger partial charge in [-0.05, 0) is 12.5 Å². The maximum Gasteiger partial charge on any atom is 0.165 e. The lowest BCUT2D eigenvalue weighted by Crippen LogP contribution is -2.16.